The van der Waals surface area contributed by atoms with Crippen molar-refractivity contribution in [1.82, 2.24) is 14.1 Å². The van der Waals surface area contributed by atoms with Gasteiger partial charge < -0.3 is 15.2 Å². The summed E-state index contributed by atoms with van der Waals surface area (Å²) in [4.78, 5) is 6.31. The van der Waals surface area contributed by atoms with Gasteiger partial charge in [-0.05, 0) is 72.8 Å². The average molecular weight is 492 g/mol. The molecule has 0 fully saturated rings. The van der Waals surface area contributed by atoms with Gasteiger partial charge in [-0.25, -0.2) is 14.1 Å². The van der Waals surface area contributed by atoms with Crippen LogP contribution in [0.2, 0.25) is 0 Å². The first kappa shape index (κ1) is 23.6. The minimum absolute atomic E-state index is 0.547. The molecule has 37 heavy (non-hydrogen) atoms. The van der Waals surface area contributed by atoms with Gasteiger partial charge in [0.05, 0.1) is 32.2 Å². The fourth-order valence-corrected chi connectivity index (χ4v) is 3.79. The molecule has 0 amide bonds. The van der Waals surface area contributed by atoms with Crippen molar-refractivity contribution in [2.75, 3.05) is 10.6 Å². The molecular formula is C27H27N10+. The van der Waals surface area contributed by atoms with Crippen LogP contribution >= 0.6 is 0 Å². The van der Waals surface area contributed by atoms with Crippen LogP contribution in [0.5, 0.6) is 0 Å². The molecule has 10 nitrogen and oxygen atoms in total. The van der Waals surface area contributed by atoms with Crippen LogP contribution in [0.3, 0.4) is 0 Å². The SMILES string of the molecule is Cn1ccnc1N=Nc1ccc(N(c2ccc(N)cc2)c2ccc(N=Nc3n(C)cc[n+]3C)cc2)cc1. The molecular weight excluding hydrogens is 464 g/mol. The highest BCUT2D eigenvalue weighted by atomic mass is 15.3. The van der Waals surface area contributed by atoms with Crippen LogP contribution in [0, 0.1) is 0 Å². The molecule has 3 aromatic carbocycles. The van der Waals surface area contributed by atoms with E-state index >= 15 is 0 Å². The van der Waals surface area contributed by atoms with Crippen molar-refractivity contribution in [3.63, 3.8) is 0 Å². The molecule has 0 unspecified atom stereocenters. The van der Waals surface area contributed by atoms with Gasteiger partial charge in [-0.15, -0.1) is 10.2 Å². The molecule has 0 aliphatic heterocycles. The maximum atomic E-state index is 5.95. The van der Waals surface area contributed by atoms with Gasteiger partial charge in [0.25, 0.3) is 0 Å². The van der Waals surface area contributed by atoms with E-state index in [1.807, 2.05) is 126 Å². The Morgan fingerprint density at radius 2 is 1.24 bits per heavy atom. The Labute approximate surface area is 214 Å². The molecule has 0 atom stereocenters. The van der Waals surface area contributed by atoms with E-state index in [4.69, 9.17) is 5.73 Å². The number of aryl methyl sites for hydroxylation is 3. The fraction of sp³-hybridized carbons (Fsp3) is 0.111. The molecule has 2 N–H and O–H groups in total. The van der Waals surface area contributed by atoms with Crippen LogP contribution in [0.4, 0.5) is 46.0 Å². The van der Waals surface area contributed by atoms with Crippen LogP contribution in [-0.2, 0) is 21.1 Å². The number of azo groups is 2. The van der Waals surface area contributed by atoms with Crippen molar-refractivity contribution >= 4 is 46.0 Å². The summed E-state index contributed by atoms with van der Waals surface area (Å²) in [6, 6.07) is 23.6. The third-order valence-electron chi connectivity index (χ3n) is 5.82. The summed E-state index contributed by atoms with van der Waals surface area (Å²) in [6.45, 7) is 0. The average Bonchev–Trinajstić information content (AvgIpc) is 3.47. The van der Waals surface area contributed by atoms with Crippen molar-refractivity contribution in [1.29, 1.82) is 0 Å². The largest absolute Gasteiger partial charge is 0.421 e. The summed E-state index contributed by atoms with van der Waals surface area (Å²) < 4.78 is 5.64. The fourth-order valence-electron chi connectivity index (χ4n) is 3.79. The van der Waals surface area contributed by atoms with E-state index in [9.17, 15) is 0 Å². The van der Waals surface area contributed by atoms with E-state index in [2.05, 4.69) is 30.3 Å². The Bertz CT molecular complexity index is 1520. The number of benzene rings is 3. The van der Waals surface area contributed by atoms with E-state index in [1.165, 1.54) is 0 Å². The maximum Gasteiger partial charge on any atom is 0.421 e. The van der Waals surface area contributed by atoms with Crippen LogP contribution < -0.4 is 15.2 Å². The first-order valence-corrected chi connectivity index (χ1v) is 11.7. The molecule has 0 radical (unpaired) electrons. The molecule has 0 bridgehead atoms. The number of imidazole rings is 2. The zero-order valence-electron chi connectivity index (χ0n) is 20.8. The highest BCUT2D eigenvalue weighted by Gasteiger charge is 2.14. The Balaban J connectivity index is 1.43. The maximum absolute atomic E-state index is 5.95. The Kier molecular flexibility index (Phi) is 6.54. The van der Waals surface area contributed by atoms with Gasteiger partial charge in [0.2, 0.25) is 5.95 Å². The minimum Gasteiger partial charge on any atom is -0.399 e. The molecule has 0 aliphatic carbocycles. The zero-order chi connectivity index (χ0) is 25.8. The predicted molar refractivity (Wildman–Crippen MR) is 144 cm³/mol. The second kappa shape index (κ2) is 10.2. The summed E-state index contributed by atoms with van der Waals surface area (Å²) >= 11 is 0. The number of nitrogens with zero attached hydrogens (tertiary/aromatic N) is 9. The van der Waals surface area contributed by atoms with E-state index in [0.717, 1.165) is 34.4 Å². The Morgan fingerprint density at radius 1 is 0.703 bits per heavy atom. The van der Waals surface area contributed by atoms with Crippen LogP contribution in [0.15, 0.2) is 118 Å². The van der Waals surface area contributed by atoms with E-state index < -0.39 is 0 Å². The van der Waals surface area contributed by atoms with E-state index in [-0.39, 0.29) is 0 Å². The number of aromatic nitrogens is 4. The number of rotatable bonds is 7. The van der Waals surface area contributed by atoms with Gasteiger partial charge in [0, 0.05) is 47.3 Å². The van der Waals surface area contributed by atoms with Crippen molar-refractivity contribution in [3.05, 3.63) is 97.6 Å². The number of anilines is 4. The molecule has 0 saturated carbocycles. The van der Waals surface area contributed by atoms with Crippen molar-refractivity contribution in [3.8, 4) is 0 Å². The van der Waals surface area contributed by atoms with Crippen LogP contribution in [-0.4, -0.2) is 14.1 Å². The number of hydrogen-bond acceptors (Lipinski definition) is 7. The first-order chi connectivity index (χ1) is 18.0. The molecule has 2 aromatic heterocycles. The first-order valence-electron chi connectivity index (χ1n) is 11.7. The normalized spacial score (nSPS) is 11.5. The van der Waals surface area contributed by atoms with Crippen LogP contribution in [0.25, 0.3) is 0 Å². The summed E-state index contributed by atoms with van der Waals surface area (Å²) in [7, 11) is 5.75. The molecule has 2 heterocycles. The summed E-state index contributed by atoms with van der Waals surface area (Å²) in [6.07, 6.45) is 7.40. The number of hydrogen-bond donors (Lipinski definition) is 1. The van der Waals surface area contributed by atoms with Gasteiger partial charge >= 0.3 is 5.95 Å². The van der Waals surface area contributed by atoms with Crippen molar-refractivity contribution in [2.24, 2.45) is 41.6 Å². The molecule has 0 aliphatic rings. The van der Waals surface area contributed by atoms with Gasteiger partial charge in [0.15, 0.2) is 0 Å². The predicted octanol–water partition coefficient (Wildman–Crippen LogP) is 6.47. The molecule has 5 rings (SSSR count). The molecule has 5 aromatic rings. The minimum atomic E-state index is 0.547. The Hall–Kier alpha value is -5.12. The monoisotopic (exact) mass is 491 g/mol. The topological polar surface area (TPSA) is 105 Å². The van der Waals surface area contributed by atoms with Gasteiger partial charge in [-0.1, -0.05) is 5.11 Å². The van der Waals surface area contributed by atoms with Gasteiger partial charge in [-0.2, -0.15) is 0 Å². The zero-order valence-corrected chi connectivity index (χ0v) is 20.8. The van der Waals surface area contributed by atoms with E-state index in [1.54, 1.807) is 6.20 Å². The number of nitrogen functional groups attached to an aromatic ring is 1. The van der Waals surface area contributed by atoms with E-state index in [0.29, 0.717) is 11.6 Å². The van der Waals surface area contributed by atoms with Gasteiger partial charge in [-0.3, -0.25) is 0 Å². The second-order valence-electron chi connectivity index (χ2n) is 8.52. The highest BCUT2D eigenvalue weighted by molar-refractivity contribution is 5.78. The summed E-state index contributed by atoms with van der Waals surface area (Å²) in [5, 5.41) is 17.3. The third kappa shape index (κ3) is 5.27. The molecule has 10 heteroatoms. The standard InChI is InChI=1S/C27H27N10/c1-34-17-16-29-26(34)32-30-21-6-12-24(13-7-21)37(23-10-4-20(28)5-11-23)25-14-8-22(9-15-25)31-33-27-35(2)18-19-36(27)3/h4-19H,28H2,1-3H3/q+1. The number of nitrogens with two attached hydrogens (primary N) is 1. The molecule has 0 spiro atoms. The molecule has 0 saturated heterocycles. The Morgan fingerprint density at radius 3 is 1.73 bits per heavy atom. The quantitative estimate of drug-likeness (QED) is 0.160. The van der Waals surface area contributed by atoms with Crippen LogP contribution in [0.1, 0.15) is 0 Å². The summed E-state index contributed by atoms with van der Waals surface area (Å²) in [5.74, 6) is 1.30. The lowest BCUT2D eigenvalue weighted by Gasteiger charge is -2.25. The van der Waals surface area contributed by atoms with Crippen molar-refractivity contribution in [2.45, 2.75) is 0 Å². The lowest BCUT2D eigenvalue weighted by atomic mass is 10.1. The highest BCUT2D eigenvalue weighted by Crippen LogP contribution is 2.36. The van der Waals surface area contributed by atoms with Crippen molar-refractivity contribution < 1.29 is 4.57 Å². The second-order valence-corrected chi connectivity index (χ2v) is 8.52. The molecule has 184 valence electrons. The lowest BCUT2D eigenvalue weighted by molar-refractivity contribution is -0.657. The lowest BCUT2D eigenvalue weighted by Crippen LogP contribution is -2.25. The van der Waals surface area contributed by atoms with Gasteiger partial charge in [0.1, 0.15) is 5.69 Å². The third-order valence-corrected chi connectivity index (χ3v) is 5.82. The smallest absolute Gasteiger partial charge is 0.399 e. The summed E-state index contributed by atoms with van der Waals surface area (Å²) in [5.41, 5.74) is 11.0.